The molecule has 1 heterocycles. The molecule has 1 atom stereocenters. The predicted octanol–water partition coefficient (Wildman–Crippen LogP) is 3.44. The molecule has 0 fully saturated rings. The molecular weight excluding hydrogens is 348 g/mol. The minimum absolute atomic E-state index is 0. The topological polar surface area (TPSA) is 72.9 Å². The van der Waals surface area contributed by atoms with E-state index in [-0.39, 0.29) is 18.3 Å². The van der Waals surface area contributed by atoms with Crippen molar-refractivity contribution in [2.75, 3.05) is 0 Å². The first-order valence-electron chi connectivity index (χ1n) is 8.59. The number of nitrogens with zero attached hydrogens (tertiary/aromatic N) is 2. The number of aromatic nitrogens is 2. The molecule has 0 aliphatic heterocycles. The number of para-hydroxylation sites is 2. The van der Waals surface area contributed by atoms with Crippen molar-refractivity contribution in [1.29, 1.82) is 0 Å². The van der Waals surface area contributed by atoms with Crippen LogP contribution in [0.1, 0.15) is 25.8 Å². The Labute approximate surface area is 160 Å². The first-order valence-corrected chi connectivity index (χ1v) is 8.59. The van der Waals surface area contributed by atoms with Crippen LogP contribution in [0.2, 0.25) is 0 Å². The molecule has 2 aromatic carbocycles. The van der Waals surface area contributed by atoms with Gasteiger partial charge in [0.2, 0.25) is 5.91 Å². The van der Waals surface area contributed by atoms with Crippen LogP contribution in [0.25, 0.3) is 16.7 Å². The monoisotopic (exact) mass is 372 g/mol. The van der Waals surface area contributed by atoms with Gasteiger partial charge in [-0.2, -0.15) is 0 Å². The Kier molecular flexibility index (Phi) is 6.77. The molecule has 0 unspecified atom stereocenters. The van der Waals surface area contributed by atoms with Crippen LogP contribution in [0.5, 0.6) is 0 Å². The van der Waals surface area contributed by atoms with Crippen molar-refractivity contribution in [2.24, 2.45) is 11.7 Å². The highest BCUT2D eigenvalue weighted by molar-refractivity contribution is 5.85. The van der Waals surface area contributed by atoms with Gasteiger partial charge in [0.25, 0.3) is 0 Å². The van der Waals surface area contributed by atoms with Gasteiger partial charge >= 0.3 is 0 Å². The molecule has 0 aliphatic rings. The summed E-state index contributed by atoms with van der Waals surface area (Å²) in [6.07, 6.45) is 2.52. The Balaban J connectivity index is 0.00000243. The van der Waals surface area contributed by atoms with Gasteiger partial charge in [-0.1, -0.05) is 38.1 Å². The van der Waals surface area contributed by atoms with Gasteiger partial charge in [-0.25, -0.2) is 4.98 Å². The number of fused-ring (bicyclic) bond motifs is 1. The second-order valence-electron chi connectivity index (χ2n) is 6.72. The second-order valence-corrected chi connectivity index (χ2v) is 6.72. The minimum atomic E-state index is -0.448. The Morgan fingerprint density at radius 1 is 1.15 bits per heavy atom. The largest absolute Gasteiger partial charge is 0.351 e. The van der Waals surface area contributed by atoms with Crippen molar-refractivity contribution in [2.45, 2.75) is 32.9 Å². The number of hydrogen-bond acceptors (Lipinski definition) is 3. The number of imidazole rings is 1. The van der Waals surface area contributed by atoms with E-state index < -0.39 is 6.04 Å². The Hall–Kier alpha value is -2.37. The van der Waals surface area contributed by atoms with Gasteiger partial charge in [-0.15, -0.1) is 12.4 Å². The van der Waals surface area contributed by atoms with Crippen LogP contribution < -0.4 is 11.1 Å². The lowest BCUT2D eigenvalue weighted by Crippen LogP contribution is -2.41. The molecule has 0 bridgehead atoms. The van der Waals surface area contributed by atoms with Crippen LogP contribution >= 0.6 is 12.4 Å². The van der Waals surface area contributed by atoms with Crippen LogP contribution in [-0.4, -0.2) is 21.5 Å². The Bertz CT molecular complexity index is 858. The maximum absolute atomic E-state index is 12.0. The van der Waals surface area contributed by atoms with Crippen molar-refractivity contribution in [3.05, 3.63) is 60.4 Å². The molecule has 26 heavy (non-hydrogen) atoms. The fourth-order valence-corrected chi connectivity index (χ4v) is 2.87. The molecule has 3 rings (SSSR count). The second kappa shape index (κ2) is 8.83. The fourth-order valence-electron chi connectivity index (χ4n) is 2.87. The number of amides is 1. The van der Waals surface area contributed by atoms with Crippen molar-refractivity contribution in [3.8, 4) is 5.69 Å². The van der Waals surface area contributed by atoms with E-state index in [9.17, 15) is 4.79 Å². The zero-order chi connectivity index (χ0) is 17.8. The summed E-state index contributed by atoms with van der Waals surface area (Å²) in [6.45, 7) is 4.60. The minimum Gasteiger partial charge on any atom is -0.351 e. The molecule has 0 spiro atoms. The summed E-state index contributed by atoms with van der Waals surface area (Å²) >= 11 is 0. The molecule has 1 aromatic heterocycles. The number of rotatable bonds is 6. The van der Waals surface area contributed by atoms with Crippen LogP contribution in [0.4, 0.5) is 0 Å². The average Bonchev–Trinajstić information content (AvgIpc) is 3.03. The Morgan fingerprint density at radius 2 is 1.85 bits per heavy atom. The maximum Gasteiger partial charge on any atom is 0.237 e. The molecule has 0 saturated carbocycles. The third-order valence-electron chi connectivity index (χ3n) is 4.20. The van der Waals surface area contributed by atoms with E-state index >= 15 is 0 Å². The average molecular weight is 373 g/mol. The summed E-state index contributed by atoms with van der Waals surface area (Å²) in [4.78, 5) is 16.4. The molecule has 138 valence electrons. The maximum atomic E-state index is 12.0. The first-order chi connectivity index (χ1) is 12.0. The fraction of sp³-hybridized carbons (Fsp3) is 0.300. The van der Waals surface area contributed by atoms with Crippen LogP contribution in [0, 0.1) is 5.92 Å². The molecular formula is C20H25ClN4O. The highest BCUT2D eigenvalue weighted by Gasteiger charge is 2.14. The van der Waals surface area contributed by atoms with Gasteiger partial charge < -0.3 is 11.1 Å². The summed E-state index contributed by atoms with van der Waals surface area (Å²) in [7, 11) is 0. The molecule has 5 nitrogen and oxygen atoms in total. The molecule has 0 radical (unpaired) electrons. The lowest BCUT2D eigenvalue weighted by molar-refractivity contribution is -0.122. The third kappa shape index (κ3) is 4.62. The van der Waals surface area contributed by atoms with E-state index in [1.165, 1.54) is 0 Å². The van der Waals surface area contributed by atoms with Crippen LogP contribution in [0.15, 0.2) is 54.9 Å². The normalized spacial score (nSPS) is 12.0. The van der Waals surface area contributed by atoms with E-state index in [2.05, 4.69) is 28.7 Å². The smallest absolute Gasteiger partial charge is 0.237 e. The lowest BCUT2D eigenvalue weighted by Gasteiger charge is -2.14. The quantitative estimate of drug-likeness (QED) is 0.696. The van der Waals surface area contributed by atoms with E-state index in [4.69, 9.17) is 5.73 Å². The highest BCUT2D eigenvalue weighted by Crippen LogP contribution is 2.18. The number of nitrogens with one attached hydrogen (secondary N) is 1. The number of benzene rings is 2. The Morgan fingerprint density at radius 3 is 2.54 bits per heavy atom. The third-order valence-corrected chi connectivity index (χ3v) is 4.20. The van der Waals surface area contributed by atoms with Gasteiger partial charge in [0.15, 0.2) is 0 Å². The number of halogens is 1. The van der Waals surface area contributed by atoms with Crippen molar-refractivity contribution < 1.29 is 4.79 Å². The predicted molar refractivity (Wildman–Crippen MR) is 108 cm³/mol. The van der Waals surface area contributed by atoms with Gasteiger partial charge in [0, 0.05) is 12.2 Å². The number of hydrogen-bond donors (Lipinski definition) is 2. The first kappa shape index (κ1) is 19.9. The van der Waals surface area contributed by atoms with Gasteiger partial charge in [0.05, 0.1) is 17.1 Å². The number of carbonyl (C=O) groups excluding carboxylic acids is 1. The van der Waals surface area contributed by atoms with E-state index in [1.54, 1.807) is 0 Å². The molecule has 3 N–H and O–H groups in total. The zero-order valence-corrected chi connectivity index (χ0v) is 15.9. The van der Waals surface area contributed by atoms with Crippen LogP contribution in [-0.2, 0) is 11.3 Å². The van der Waals surface area contributed by atoms with Crippen molar-refractivity contribution >= 4 is 29.3 Å². The number of nitrogens with two attached hydrogens (primary N) is 1. The summed E-state index contributed by atoms with van der Waals surface area (Å²) in [6, 6.07) is 15.7. The highest BCUT2D eigenvalue weighted by atomic mass is 35.5. The van der Waals surface area contributed by atoms with Crippen molar-refractivity contribution in [1.82, 2.24) is 14.9 Å². The summed E-state index contributed by atoms with van der Waals surface area (Å²) in [5.74, 6) is 0.309. The van der Waals surface area contributed by atoms with E-state index in [0.29, 0.717) is 18.9 Å². The standard InChI is InChI=1S/C20H24N4O.ClH/c1-14(2)11-17(21)20(25)22-12-15-7-9-16(10-8-15)24-13-23-18-5-3-4-6-19(18)24;/h3-10,13-14,17H,11-12,21H2,1-2H3,(H,22,25);1H/t17-;/m0./s1. The summed E-state index contributed by atoms with van der Waals surface area (Å²) < 4.78 is 2.05. The van der Waals surface area contributed by atoms with Gasteiger partial charge in [0.1, 0.15) is 6.33 Å². The SMILES string of the molecule is CC(C)C[C@H](N)C(=O)NCc1ccc(-n2cnc3ccccc32)cc1.Cl. The van der Waals surface area contributed by atoms with Gasteiger partial charge in [-0.05, 0) is 42.2 Å². The molecule has 3 aromatic rings. The summed E-state index contributed by atoms with van der Waals surface area (Å²) in [5, 5.41) is 2.90. The van der Waals surface area contributed by atoms with Gasteiger partial charge in [-0.3, -0.25) is 9.36 Å². The number of carbonyl (C=O) groups is 1. The van der Waals surface area contributed by atoms with E-state index in [1.807, 2.05) is 54.9 Å². The zero-order valence-electron chi connectivity index (χ0n) is 15.1. The molecule has 1 amide bonds. The van der Waals surface area contributed by atoms with E-state index in [0.717, 1.165) is 22.3 Å². The summed E-state index contributed by atoms with van der Waals surface area (Å²) in [5.41, 5.74) is 10.0. The molecule has 0 saturated heterocycles. The van der Waals surface area contributed by atoms with Crippen molar-refractivity contribution in [3.63, 3.8) is 0 Å². The lowest BCUT2D eigenvalue weighted by atomic mass is 10.0. The molecule has 6 heteroatoms. The van der Waals surface area contributed by atoms with Crippen LogP contribution in [0.3, 0.4) is 0 Å². The molecule has 0 aliphatic carbocycles.